The fourth-order valence-electron chi connectivity index (χ4n) is 2.76. The average Bonchev–Trinajstić information content (AvgIpc) is 2.62. The molecular weight excluding hydrogens is 423 g/mol. The van der Waals surface area contributed by atoms with E-state index < -0.39 is 21.8 Å². The van der Waals surface area contributed by atoms with Gasteiger partial charge < -0.3 is 0 Å². The number of alkyl halides is 3. The Morgan fingerprint density at radius 1 is 1.14 bits per heavy atom. The van der Waals surface area contributed by atoms with Crippen molar-refractivity contribution in [2.75, 3.05) is 6.54 Å². The van der Waals surface area contributed by atoms with Gasteiger partial charge in [-0.2, -0.15) is 13.2 Å². The van der Waals surface area contributed by atoms with Crippen molar-refractivity contribution >= 4 is 21.8 Å². The molecule has 1 radical (unpaired) electrons. The van der Waals surface area contributed by atoms with Crippen molar-refractivity contribution in [2.24, 2.45) is 0 Å². The van der Waals surface area contributed by atoms with E-state index >= 15 is 0 Å². The van der Waals surface area contributed by atoms with Gasteiger partial charge in [0, 0.05) is 16.7 Å². The van der Waals surface area contributed by atoms with E-state index in [4.69, 9.17) is 0 Å². The summed E-state index contributed by atoms with van der Waals surface area (Å²) in [5, 5.41) is 11.3. The van der Waals surface area contributed by atoms with Crippen molar-refractivity contribution in [1.29, 1.82) is 0 Å². The predicted molar refractivity (Wildman–Crippen MR) is 107 cm³/mol. The van der Waals surface area contributed by atoms with E-state index in [0.29, 0.717) is 12.0 Å². The number of benzene rings is 2. The second-order valence-electron chi connectivity index (χ2n) is 6.78. The maximum absolute atomic E-state index is 13.0. The van der Waals surface area contributed by atoms with Crippen LogP contribution in [0.5, 0.6) is 5.75 Å². The number of halogens is 3. The second-order valence-corrected chi connectivity index (χ2v) is 10.0. The van der Waals surface area contributed by atoms with Crippen LogP contribution in [0.4, 0.5) is 13.2 Å². The SMILES string of the molecule is CCCc1cc(C(F)(F)F)ccc1S(=O)(=O)NCC(C)Sc1ccc([O])c(C)c1. The van der Waals surface area contributed by atoms with E-state index in [0.717, 1.165) is 23.1 Å². The number of rotatable bonds is 8. The molecule has 2 aromatic rings. The van der Waals surface area contributed by atoms with Crippen molar-refractivity contribution in [3.8, 4) is 5.75 Å². The molecule has 0 heterocycles. The molecule has 159 valence electrons. The Morgan fingerprint density at radius 2 is 1.83 bits per heavy atom. The molecule has 0 aliphatic heterocycles. The molecule has 1 N–H and O–H groups in total. The van der Waals surface area contributed by atoms with Crippen molar-refractivity contribution in [1.82, 2.24) is 4.72 Å². The van der Waals surface area contributed by atoms with E-state index in [1.807, 2.05) is 6.92 Å². The summed E-state index contributed by atoms with van der Waals surface area (Å²) in [6.45, 7) is 5.41. The molecule has 29 heavy (non-hydrogen) atoms. The number of nitrogens with one attached hydrogen (secondary N) is 1. The Balaban J connectivity index is 2.14. The van der Waals surface area contributed by atoms with Crippen molar-refractivity contribution in [2.45, 2.75) is 54.8 Å². The lowest BCUT2D eigenvalue weighted by atomic mass is 10.1. The van der Waals surface area contributed by atoms with E-state index in [9.17, 15) is 26.7 Å². The quantitative estimate of drug-likeness (QED) is 0.539. The lowest BCUT2D eigenvalue weighted by Gasteiger charge is -2.16. The fourth-order valence-corrected chi connectivity index (χ4v) is 5.26. The second kappa shape index (κ2) is 9.40. The molecule has 0 spiro atoms. The van der Waals surface area contributed by atoms with E-state index in [2.05, 4.69) is 4.72 Å². The Hall–Kier alpha value is -1.71. The molecule has 1 unspecified atom stereocenters. The lowest BCUT2D eigenvalue weighted by molar-refractivity contribution is -0.137. The molecule has 0 amide bonds. The van der Waals surface area contributed by atoms with E-state index in [1.165, 1.54) is 17.8 Å². The highest BCUT2D eigenvalue weighted by Gasteiger charge is 2.32. The Bertz CT molecular complexity index is 960. The molecule has 0 aliphatic carbocycles. The summed E-state index contributed by atoms with van der Waals surface area (Å²) in [6.07, 6.45) is -3.78. The average molecular weight is 447 g/mol. The molecular formula is C20H23F3NO3S2. The lowest BCUT2D eigenvalue weighted by Crippen LogP contribution is -2.30. The first-order chi connectivity index (χ1) is 13.4. The summed E-state index contributed by atoms with van der Waals surface area (Å²) in [4.78, 5) is 0.714. The minimum atomic E-state index is -4.53. The summed E-state index contributed by atoms with van der Waals surface area (Å²) in [5.74, 6) is -0.0616. The number of sulfonamides is 1. The van der Waals surface area contributed by atoms with Crippen molar-refractivity contribution in [3.05, 3.63) is 53.1 Å². The molecule has 0 bridgehead atoms. The van der Waals surface area contributed by atoms with Gasteiger partial charge in [-0.3, -0.25) is 5.11 Å². The zero-order valence-corrected chi connectivity index (χ0v) is 18.0. The number of aryl methyl sites for hydroxylation is 2. The van der Waals surface area contributed by atoms with Crippen LogP contribution in [-0.4, -0.2) is 20.2 Å². The van der Waals surface area contributed by atoms with Gasteiger partial charge in [0.05, 0.1) is 10.5 Å². The van der Waals surface area contributed by atoms with E-state index in [1.54, 1.807) is 26.0 Å². The van der Waals surface area contributed by atoms with Crippen molar-refractivity contribution < 1.29 is 26.7 Å². The van der Waals surface area contributed by atoms with Crippen LogP contribution in [0.3, 0.4) is 0 Å². The molecule has 2 rings (SSSR count). The van der Waals surface area contributed by atoms with Gasteiger partial charge in [-0.1, -0.05) is 20.3 Å². The molecule has 0 aromatic heterocycles. The highest BCUT2D eigenvalue weighted by Crippen LogP contribution is 2.32. The smallest absolute Gasteiger partial charge is 0.290 e. The minimum absolute atomic E-state index is 0.0616. The first kappa shape index (κ1) is 23.6. The van der Waals surface area contributed by atoms with Crippen LogP contribution >= 0.6 is 11.8 Å². The summed E-state index contributed by atoms with van der Waals surface area (Å²) >= 11 is 1.41. The number of hydrogen-bond acceptors (Lipinski definition) is 3. The van der Waals surface area contributed by atoms with Gasteiger partial charge in [-0.15, -0.1) is 11.8 Å². The zero-order chi connectivity index (χ0) is 21.8. The highest BCUT2D eigenvalue weighted by molar-refractivity contribution is 8.00. The zero-order valence-electron chi connectivity index (χ0n) is 16.3. The maximum atomic E-state index is 13.0. The van der Waals surface area contributed by atoms with Crippen LogP contribution in [0.2, 0.25) is 0 Å². The standard InChI is InChI=1S/C20H23F3NO3S2/c1-4-5-15-11-16(20(21,22)23)6-9-19(15)29(26,27)24-12-14(3)28-17-7-8-18(25)13(2)10-17/h6-11,14,24H,4-5,12H2,1-3H3. The number of thioether (sulfide) groups is 1. The molecule has 0 aliphatic rings. The topological polar surface area (TPSA) is 66.1 Å². The summed E-state index contributed by atoms with van der Waals surface area (Å²) in [5.41, 5.74) is -0.102. The Kier molecular flexibility index (Phi) is 7.64. The van der Waals surface area contributed by atoms with Gasteiger partial charge in [0.25, 0.3) is 0 Å². The molecule has 2 aromatic carbocycles. The molecule has 0 saturated heterocycles. The Morgan fingerprint density at radius 3 is 2.41 bits per heavy atom. The summed E-state index contributed by atoms with van der Waals surface area (Å²) < 4.78 is 66.8. The molecule has 4 nitrogen and oxygen atoms in total. The van der Waals surface area contributed by atoms with Gasteiger partial charge in [0.1, 0.15) is 0 Å². The first-order valence-electron chi connectivity index (χ1n) is 9.08. The van der Waals surface area contributed by atoms with Crippen LogP contribution in [0.1, 0.15) is 37.0 Å². The van der Waals surface area contributed by atoms with Gasteiger partial charge in [0.15, 0.2) is 5.75 Å². The predicted octanol–water partition coefficient (Wildman–Crippen LogP) is 5.57. The third kappa shape index (κ3) is 6.38. The summed E-state index contributed by atoms with van der Waals surface area (Å²) in [6, 6.07) is 7.61. The minimum Gasteiger partial charge on any atom is -0.290 e. The normalized spacial score (nSPS) is 13.4. The van der Waals surface area contributed by atoms with Crippen LogP contribution in [0.25, 0.3) is 0 Å². The highest BCUT2D eigenvalue weighted by atomic mass is 32.2. The maximum Gasteiger partial charge on any atom is 0.416 e. The van der Waals surface area contributed by atoms with Crippen LogP contribution in [0, 0.1) is 6.92 Å². The van der Waals surface area contributed by atoms with Gasteiger partial charge in [-0.05, 0) is 60.9 Å². The molecule has 9 heteroatoms. The largest absolute Gasteiger partial charge is 0.416 e. The molecule has 0 saturated carbocycles. The first-order valence-corrected chi connectivity index (χ1v) is 11.4. The third-order valence-corrected chi connectivity index (χ3v) is 6.86. The molecule has 1 atom stereocenters. The van der Waals surface area contributed by atoms with Crippen LogP contribution in [0.15, 0.2) is 46.2 Å². The van der Waals surface area contributed by atoms with Crippen LogP contribution in [-0.2, 0) is 27.7 Å². The van der Waals surface area contributed by atoms with Gasteiger partial charge >= 0.3 is 6.18 Å². The van der Waals surface area contributed by atoms with Gasteiger partial charge in [0.2, 0.25) is 10.0 Å². The molecule has 0 fully saturated rings. The monoisotopic (exact) mass is 446 g/mol. The Labute approximate surface area is 173 Å². The fraction of sp³-hybridized carbons (Fsp3) is 0.400. The summed E-state index contributed by atoms with van der Waals surface area (Å²) in [7, 11) is -3.96. The van der Waals surface area contributed by atoms with Crippen LogP contribution < -0.4 is 4.72 Å². The third-order valence-electron chi connectivity index (χ3n) is 4.24. The van der Waals surface area contributed by atoms with E-state index in [-0.39, 0.29) is 34.4 Å². The number of hydrogen-bond donors (Lipinski definition) is 1. The van der Waals surface area contributed by atoms with Crippen molar-refractivity contribution in [3.63, 3.8) is 0 Å². The van der Waals surface area contributed by atoms with Gasteiger partial charge in [-0.25, -0.2) is 13.1 Å².